The van der Waals surface area contributed by atoms with E-state index in [1.807, 2.05) is 0 Å². The normalized spacial score (nSPS) is 41.3. The SMILES string of the molecule is CC1CC(C)(C)CC1NC1CCS(=O)(=O)C1. The molecule has 0 radical (unpaired) electrons. The van der Waals surface area contributed by atoms with E-state index < -0.39 is 9.84 Å². The van der Waals surface area contributed by atoms with Gasteiger partial charge < -0.3 is 5.32 Å². The lowest BCUT2D eigenvalue weighted by molar-refractivity contribution is 0.356. The van der Waals surface area contributed by atoms with E-state index in [0.29, 0.717) is 28.9 Å². The Morgan fingerprint density at radius 1 is 1.25 bits per heavy atom. The lowest BCUT2D eigenvalue weighted by Crippen LogP contribution is -2.40. The van der Waals surface area contributed by atoms with Crippen LogP contribution in [-0.2, 0) is 9.84 Å². The van der Waals surface area contributed by atoms with E-state index in [0.717, 1.165) is 6.42 Å². The first kappa shape index (κ1) is 12.4. The minimum Gasteiger partial charge on any atom is -0.310 e. The molecule has 0 bridgehead atoms. The van der Waals surface area contributed by atoms with Crippen LogP contribution in [0.4, 0.5) is 0 Å². The zero-order valence-corrected chi connectivity index (χ0v) is 11.3. The van der Waals surface area contributed by atoms with Gasteiger partial charge in [-0.25, -0.2) is 8.42 Å². The van der Waals surface area contributed by atoms with E-state index >= 15 is 0 Å². The van der Waals surface area contributed by atoms with E-state index in [1.165, 1.54) is 12.8 Å². The summed E-state index contributed by atoms with van der Waals surface area (Å²) in [6.07, 6.45) is 3.21. The van der Waals surface area contributed by atoms with E-state index in [4.69, 9.17) is 0 Å². The van der Waals surface area contributed by atoms with Gasteiger partial charge in [0.05, 0.1) is 11.5 Å². The summed E-state index contributed by atoms with van der Waals surface area (Å²) < 4.78 is 22.8. The van der Waals surface area contributed by atoms with Crippen molar-refractivity contribution in [2.75, 3.05) is 11.5 Å². The Bertz CT molecular complexity index is 361. The van der Waals surface area contributed by atoms with Crippen molar-refractivity contribution in [1.82, 2.24) is 5.32 Å². The van der Waals surface area contributed by atoms with Crippen LogP contribution in [0.3, 0.4) is 0 Å². The lowest BCUT2D eigenvalue weighted by Gasteiger charge is -2.22. The molecule has 2 aliphatic rings. The Labute approximate surface area is 98.9 Å². The van der Waals surface area contributed by atoms with Gasteiger partial charge in [-0.15, -0.1) is 0 Å². The molecule has 0 amide bonds. The highest BCUT2D eigenvalue weighted by Gasteiger charge is 2.39. The van der Waals surface area contributed by atoms with Crippen molar-refractivity contribution in [3.05, 3.63) is 0 Å². The van der Waals surface area contributed by atoms with E-state index in [2.05, 4.69) is 26.1 Å². The topological polar surface area (TPSA) is 46.2 Å². The number of sulfone groups is 1. The Balaban J connectivity index is 1.92. The third kappa shape index (κ3) is 2.77. The Kier molecular flexibility index (Phi) is 3.08. The van der Waals surface area contributed by atoms with Gasteiger partial charge in [0.25, 0.3) is 0 Å². The summed E-state index contributed by atoms with van der Waals surface area (Å²) in [5.41, 5.74) is 0.411. The molecule has 0 aromatic rings. The third-order valence-corrected chi connectivity index (χ3v) is 5.78. The summed E-state index contributed by atoms with van der Waals surface area (Å²) in [5.74, 6) is 1.38. The molecule has 94 valence electrons. The van der Waals surface area contributed by atoms with Gasteiger partial charge in [0, 0.05) is 12.1 Å². The van der Waals surface area contributed by atoms with Crippen molar-refractivity contribution < 1.29 is 8.42 Å². The molecule has 1 aliphatic heterocycles. The van der Waals surface area contributed by atoms with Crippen molar-refractivity contribution in [2.45, 2.75) is 52.1 Å². The van der Waals surface area contributed by atoms with Crippen LogP contribution in [0.5, 0.6) is 0 Å². The molecule has 16 heavy (non-hydrogen) atoms. The maximum absolute atomic E-state index is 11.4. The third-order valence-electron chi connectivity index (χ3n) is 4.02. The molecule has 1 aliphatic carbocycles. The van der Waals surface area contributed by atoms with Gasteiger partial charge in [0.2, 0.25) is 0 Å². The molecule has 1 saturated heterocycles. The zero-order chi connectivity index (χ0) is 12.0. The first-order valence-electron chi connectivity index (χ1n) is 6.24. The van der Waals surface area contributed by atoms with Crippen molar-refractivity contribution in [1.29, 1.82) is 0 Å². The number of nitrogens with one attached hydrogen (secondary N) is 1. The van der Waals surface area contributed by atoms with Gasteiger partial charge in [-0.1, -0.05) is 20.8 Å². The predicted octanol–water partition coefficient (Wildman–Crippen LogP) is 1.59. The Morgan fingerprint density at radius 2 is 1.94 bits per heavy atom. The van der Waals surface area contributed by atoms with Crippen LogP contribution in [0.15, 0.2) is 0 Å². The van der Waals surface area contributed by atoms with E-state index in [9.17, 15) is 8.42 Å². The van der Waals surface area contributed by atoms with Crippen LogP contribution in [0.25, 0.3) is 0 Å². The molecular formula is C12H23NO2S. The number of rotatable bonds is 2. The molecule has 0 aromatic carbocycles. The van der Waals surface area contributed by atoms with Gasteiger partial charge in [0.1, 0.15) is 0 Å². The van der Waals surface area contributed by atoms with Crippen LogP contribution in [0.2, 0.25) is 0 Å². The largest absolute Gasteiger partial charge is 0.310 e. The number of hydrogen-bond acceptors (Lipinski definition) is 3. The summed E-state index contributed by atoms with van der Waals surface area (Å²) >= 11 is 0. The van der Waals surface area contributed by atoms with Crippen LogP contribution in [0.1, 0.15) is 40.0 Å². The molecule has 3 nitrogen and oxygen atoms in total. The van der Waals surface area contributed by atoms with Crippen molar-refractivity contribution >= 4 is 9.84 Å². The van der Waals surface area contributed by atoms with Crippen molar-refractivity contribution in [3.63, 3.8) is 0 Å². The number of hydrogen-bond donors (Lipinski definition) is 1. The predicted molar refractivity (Wildman–Crippen MR) is 66.2 cm³/mol. The summed E-state index contributed by atoms with van der Waals surface area (Å²) in [5, 5.41) is 3.56. The highest BCUT2D eigenvalue weighted by atomic mass is 32.2. The van der Waals surface area contributed by atoms with Gasteiger partial charge in [0.15, 0.2) is 9.84 Å². The van der Waals surface area contributed by atoms with Crippen LogP contribution < -0.4 is 5.32 Å². The quantitative estimate of drug-likeness (QED) is 0.803. The Morgan fingerprint density at radius 3 is 2.38 bits per heavy atom. The van der Waals surface area contributed by atoms with Crippen LogP contribution in [0, 0.1) is 11.3 Å². The first-order valence-corrected chi connectivity index (χ1v) is 8.06. The molecule has 3 atom stereocenters. The molecule has 1 saturated carbocycles. The van der Waals surface area contributed by atoms with Crippen molar-refractivity contribution in [2.24, 2.45) is 11.3 Å². The second-order valence-corrected chi connectivity index (χ2v) is 8.65. The van der Waals surface area contributed by atoms with Gasteiger partial charge in [-0.05, 0) is 30.6 Å². The maximum atomic E-state index is 11.4. The zero-order valence-electron chi connectivity index (χ0n) is 10.5. The second kappa shape index (κ2) is 3.98. The minimum absolute atomic E-state index is 0.200. The molecular weight excluding hydrogens is 222 g/mol. The highest BCUT2D eigenvalue weighted by Crippen LogP contribution is 2.41. The standard InChI is InChI=1S/C12H23NO2S/c1-9-6-12(2,3)7-11(9)13-10-4-5-16(14,15)8-10/h9-11,13H,4-8H2,1-3H3. The van der Waals surface area contributed by atoms with Crippen LogP contribution >= 0.6 is 0 Å². The van der Waals surface area contributed by atoms with Gasteiger partial charge >= 0.3 is 0 Å². The first-order chi connectivity index (χ1) is 7.27. The molecule has 4 heteroatoms. The molecule has 1 N–H and O–H groups in total. The maximum Gasteiger partial charge on any atom is 0.151 e. The summed E-state index contributed by atoms with van der Waals surface area (Å²) in [6, 6.07) is 0.708. The minimum atomic E-state index is -2.75. The van der Waals surface area contributed by atoms with Crippen LogP contribution in [-0.4, -0.2) is 32.0 Å². The fourth-order valence-corrected chi connectivity index (χ4v) is 5.03. The van der Waals surface area contributed by atoms with Crippen molar-refractivity contribution in [3.8, 4) is 0 Å². The summed E-state index contributed by atoms with van der Waals surface area (Å²) in [7, 11) is -2.75. The molecule has 2 fully saturated rings. The monoisotopic (exact) mass is 245 g/mol. The van der Waals surface area contributed by atoms with E-state index in [-0.39, 0.29) is 6.04 Å². The average molecular weight is 245 g/mol. The fourth-order valence-electron chi connectivity index (χ4n) is 3.35. The molecule has 3 unspecified atom stereocenters. The van der Waals surface area contributed by atoms with E-state index in [1.54, 1.807) is 0 Å². The smallest absolute Gasteiger partial charge is 0.151 e. The summed E-state index contributed by atoms with van der Waals surface area (Å²) in [6.45, 7) is 6.88. The van der Waals surface area contributed by atoms with Gasteiger partial charge in [-0.2, -0.15) is 0 Å². The second-order valence-electron chi connectivity index (χ2n) is 6.42. The highest BCUT2D eigenvalue weighted by molar-refractivity contribution is 7.91. The Hall–Kier alpha value is -0.0900. The molecule has 0 spiro atoms. The molecule has 1 heterocycles. The fraction of sp³-hybridized carbons (Fsp3) is 1.00. The lowest BCUT2D eigenvalue weighted by atomic mass is 9.91. The molecule has 0 aromatic heterocycles. The van der Waals surface area contributed by atoms with Gasteiger partial charge in [-0.3, -0.25) is 0 Å². The summed E-state index contributed by atoms with van der Waals surface area (Å²) in [4.78, 5) is 0. The average Bonchev–Trinajstić information content (AvgIpc) is 2.53. The molecule has 2 rings (SSSR count).